The van der Waals surface area contributed by atoms with Gasteiger partial charge >= 0.3 is 0 Å². The third-order valence-corrected chi connectivity index (χ3v) is 3.81. The highest BCUT2D eigenvalue weighted by Gasteiger charge is 2.38. The zero-order chi connectivity index (χ0) is 9.54. The predicted octanol–water partition coefficient (Wildman–Crippen LogP) is 2.96. The maximum absolute atomic E-state index is 5.90. The van der Waals surface area contributed by atoms with Gasteiger partial charge in [0, 0.05) is 6.61 Å². The first-order valence-corrected chi connectivity index (χ1v) is 5.55. The van der Waals surface area contributed by atoms with Crippen LogP contribution in [0.15, 0.2) is 24.3 Å². The second kappa shape index (κ2) is 3.09. The summed E-state index contributed by atoms with van der Waals surface area (Å²) in [6.45, 7) is 3.31. The van der Waals surface area contributed by atoms with Gasteiger partial charge in [0.1, 0.15) is 0 Å². The first kappa shape index (κ1) is 8.49. The Hall–Kier alpha value is -0.820. The molecule has 3 rings (SSSR count). The lowest BCUT2D eigenvalue weighted by atomic mass is 9.85. The van der Waals surface area contributed by atoms with Crippen molar-refractivity contribution in [2.45, 2.75) is 25.9 Å². The van der Waals surface area contributed by atoms with Gasteiger partial charge in [-0.1, -0.05) is 31.2 Å². The molecule has 1 fully saturated rings. The molecule has 3 atom stereocenters. The van der Waals surface area contributed by atoms with E-state index in [-0.39, 0.29) is 0 Å². The minimum absolute atomic E-state index is 0.398. The maximum Gasteiger partial charge on any atom is 0.0861 e. The molecule has 74 valence electrons. The molecular formula is C13H16O. The summed E-state index contributed by atoms with van der Waals surface area (Å²) in [7, 11) is 0. The van der Waals surface area contributed by atoms with Crippen LogP contribution in [0.2, 0.25) is 0 Å². The van der Waals surface area contributed by atoms with Crippen LogP contribution >= 0.6 is 0 Å². The van der Waals surface area contributed by atoms with Crippen molar-refractivity contribution < 1.29 is 4.74 Å². The third-order valence-electron chi connectivity index (χ3n) is 3.81. The minimum Gasteiger partial charge on any atom is -0.373 e. The molecule has 1 saturated heterocycles. The topological polar surface area (TPSA) is 9.23 Å². The van der Waals surface area contributed by atoms with Crippen molar-refractivity contribution in [3.05, 3.63) is 35.4 Å². The number of hydrogen-bond acceptors (Lipinski definition) is 1. The normalized spacial score (nSPS) is 35.1. The lowest BCUT2D eigenvalue weighted by molar-refractivity contribution is -0.0448. The summed E-state index contributed by atoms with van der Waals surface area (Å²) < 4.78 is 5.90. The summed E-state index contributed by atoms with van der Waals surface area (Å²) in [5.74, 6) is 1.56. The number of ether oxygens (including phenoxy) is 1. The molecule has 1 heterocycles. The van der Waals surface area contributed by atoms with E-state index in [0.29, 0.717) is 6.10 Å². The smallest absolute Gasteiger partial charge is 0.0861 e. The van der Waals surface area contributed by atoms with Crippen LogP contribution in [0.5, 0.6) is 0 Å². The monoisotopic (exact) mass is 188 g/mol. The molecule has 0 aromatic heterocycles. The lowest BCUT2D eigenvalue weighted by Crippen LogP contribution is -2.26. The van der Waals surface area contributed by atoms with Crippen molar-refractivity contribution in [2.24, 2.45) is 11.8 Å². The van der Waals surface area contributed by atoms with E-state index < -0.39 is 0 Å². The number of rotatable bonds is 0. The Morgan fingerprint density at radius 3 is 3.07 bits per heavy atom. The molecule has 0 saturated carbocycles. The van der Waals surface area contributed by atoms with Crippen LogP contribution in [0.3, 0.4) is 0 Å². The van der Waals surface area contributed by atoms with Crippen molar-refractivity contribution in [1.29, 1.82) is 0 Å². The van der Waals surface area contributed by atoms with Gasteiger partial charge in [0.2, 0.25) is 0 Å². The van der Waals surface area contributed by atoms with E-state index in [0.717, 1.165) is 18.4 Å². The third kappa shape index (κ3) is 1.12. The molecule has 1 aliphatic heterocycles. The molecule has 0 N–H and O–H groups in total. The van der Waals surface area contributed by atoms with Gasteiger partial charge in [0.25, 0.3) is 0 Å². The van der Waals surface area contributed by atoms with Crippen LogP contribution in [0.4, 0.5) is 0 Å². The van der Waals surface area contributed by atoms with Gasteiger partial charge in [-0.25, -0.2) is 0 Å². The Bertz CT molecular complexity index is 345. The maximum atomic E-state index is 5.90. The zero-order valence-corrected chi connectivity index (χ0v) is 8.57. The molecular weight excluding hydrogens is 172 g/mol. The molecule has 0 radical (unpaired) electrons. The summed E-state index contributed by atoms with van der Waals surface area (Å²) in [5, 5.41) is 0. The number of fused-ring (bicyclic) bond motifs is 3. The van der Waals surface area contributed by atoms with Crippen molar-refractivity contribution in [2.75, 3.05) is 6.61 Å². The van der Waals surface area contributed by atoms with Gasteiger partial charge in [-0.05, 0) is 35.8 Å². The van der Waals surface area contributed by atoms with Crippen LogP contribution in [0, 0.1) is 11.8 Å². The lowest BCUT2D eigenvalue weighted by Gasteiger charge is -2.31. The van der Waals surface area contributed by atoms with Gasteiger partial charge in [0.15, 0.2) is 0 Å². The van der Waals surface area contributed by atoms with E-state index in [1.807, 2.05) is 0 Å². The van der Waals surface area contributed by atoms with E-state index in [1.54, 1.807) is 0 Å². The summed E-state index contributed by atoms with van der Waals surface area (Å²) in [5.41, 5.74) is 2.96. The van der Waals surface area contributed by atoms with Crippen LogP contribution in [-0.4, -0.2) is 6.61 Å². The highest BCUT2D eigenvalue weighted by atomic mass is 16.5. The second-order valence-corrected chi connectivity index (χ2v) is 4.62. The fourth-order valence-electron chi connectivity index (χ4n) is 2.90. The van der Waals surface area contributed by atoms with Gasteiger partial charge in [-0.2, -0.15) is 0 Å². The Labute approximate surface area is 85.1 Å². The quantitative estimate of drug-likeness (QED) is 0.608. The van der Waals surface area contributed by atoms with Crippen molar-refractivity contribution in [3.8, 4) is 0 Å². The second-order valence-electron chi connectivity index (χ2n) is 4.62. The Kier molecular flexibility index (Phi) is 1.88. The molecule has 2 aliphatic rings. The van der Waals surface area contributed by atoms with E-state index in [1.165, 1.54) is 24.0 Å². The fraction of sp³-hybridized carbons (Fsp3) is 0.538. The zero-order valence-electron chi connectivity index (χ0n) is 8.57. The Morgan fingerprint density at radius 1 is 1.29 bits per heavy atom. The van der Waals surface area contributed by atoms with Crippen LogP contribution in [-0.2, 0) is 11.2 Å². The van der Waals surface area contributed by atoms with E-state index >= 15 is 0 Å². The first-order valence-electron chi connectivity index (χ1n) is 5.55. The number of hydrogen-bond donors (Lipinski definition) is 0. The van der Waals surface area contributed by atoms with Crippen LogP contribution < -0.4 is 0 Å². The Balaban J connectivity index is 2.00. The summed E-state index contributed by atoms with van der Waals surface area (Å²) in [6.07, 6.45) is 2.85. The standard InChI is InChI=1S/C13H16O/c1-9-6-7-14-13-11-5-3-2-4-10(11)8-12(9)13/h2-5,9,12-13H,6-8H2,1H3. The highest BCUT2D eigenvalue weighted by molar-refractivity contribution is 5.35. The average molecular weight is 188 g/mol. The van der Waals surface area contributed by atoms with Crippen molar-refractivity contribution in [1.82, 2.24) is 0 Å². The largest absolute Gasteiger partial charge is 0.373 e. The fourth-order valence-corrected chi connectivity index (χ4v) is 2.90. The summed E-state index contributed by atoms with van der Waals surface area (Å²) >= 11 is 0. The van der Waals surface area contributed by atoms with Crippen molar-refractivity contribution >= 4 is 0 Å². The molecule has 1 aromatic rings. The first-order chi connectivity index (χ1) is 6.86. The Morgan fingerprint density at radius 2 is 2.14 bits per heavy atom. The van der Waals surface area contributed by atoms with E-state index in [4.69, 9.17) is 4.74 Å². The van der Waals surface area contributed by atoms with Gasteiger partial charge in [-0.3, -0.25) is 0 Å². The van der Waals surface area contributed by atoms with Gasteiger partial charge < -0.3 is 4.74 Å². The van der Waals surface area contributed by atoms with E-state index in [2.05, 4.69) is 31.2 Å². The predicted molar refractivity (Wildman–Crippen MR) is 56.1 cm³/mol. The minimum atomic E-state index is 0.398. The summed E-state index contributed by atoms with van der Waals surface area (Å²) in [4.78, 5) is 0. The molecule has 1 aliphatic carbocycles. The van der Waals surface area contributed by atoms with Crippen LogP contribution in [0.25, 0.3) is 0 Å². The SMILES string of the molecule is CC1CCOC2c3ccccc3CC12. The summed E-state index contributed by atoms with van der Waals surface area (Å²) in [6, 6.07) is 8.76. The van der Waals surface area contributed by atoms with Crippen molar-refractivity contribution in [3.63, 3.8) is 0 Å². The average Bonchev–Trinajstić information content (AvgIpc) is 2.59. The molecule has 14 heavy (non-hydrogen) atoms. The molecule has 0 spiro atoms. The molecule has 1 aromatic carbocycles. The molecule has 3 unspecified atom stereocenters. The molecule has 0 bridgehead atoms. The molecule has 0 amide bonds. The molecule has 1 nitrogen and oxygen atoms in total. The van der Waals surface area contributed by atoms with E-state index in [9.17, 15) is 0 Å². The highest BCUT2D eigenvalue weighted by Crippen LogP contribution is 2.45. The van der Waals surface area contributed by atoms with Gasteiger partial charge in [-0.15, -0.1) is 0 Å². The molecule has 1 heteroatoms. The number of benzene rings is 1. The van der Waals surface area contributed by atoms with Gasteiger partial charge in [0.05, 0.1) is 6.10 Å². The van der Waals surface area contributed by atoms with Crippen LogP contribution in [0.1, 0.15) is 30.6 Å².